The van der Waals surface area contributed by atoms with Crippen LogP contribution in [0.15, 0.2) is 0 Å². The van der Waals surface area contributed by atoms with Crippen LogP contribution in [0, 0.1) is 5.92 Å². The van der Waals surface area contributed by atoms with Crippen LogP contribution in [0.5, 0.6) is 0 Å². The molecular weight excluding hydrogens is 234 g/mol. The van der Waals surface area contributed by atoms with Gasteiger partial charge in [0.15, 0.2) is 0 Å². The van der Waals surface area contributed by atoms with Gasteiger partial charge in [-0.05, 0) is 25.8 Å². The normalized spacial score (nSPS) is 38.8. The fourth-order valence-electron chi connectivity index (χ4n) is 3.04. The van der Waals surface area contributed by atoms with Gasteiger partial charge in [-0.1, -0.05) is 26.7 Å². The monoisotopic (exact) mass is 259 g/mol. The van der Waals surface area contributed by atoms with Crippen LogP contribution in [0.3, 0.4) is 0 Å². The number of thioether (sulfide) groups is 2. The minimum atomic E-state index is 0.759. The molecular formula is C13H25NS2. The molecule has 0 aromatic rings. The van der Waals surface area contributed by atoms with Crippen molar-refractivity contribution in [2.24, 2.45) is 5.92 Å². The molecule has 1 heterocycles. The maximum atomic E-state index is 3.61. The molecule has 0 spiro atoms. The average molecular weight is 259 g/mol. The van der Waals surface area contributed by atoms with Crippen LogP contribution in [0.25, 0.3) is 0 Å². The highest BCUT2D eigenvalue weighted by molar-refractivity contribution is 8.07. The molecule has 0 aromatic carbocycles. The van der Waals surface area contributed by atoms with E-state index in [0.717, 1.165) is 27.7 Å². The smallest absolute Gasteiger partial charge is 0.0297 e. The lowest BCUT2D eigenvalue weighted by Gasteiger charge is -2.38. The molecule has 1 nitrogen and oxygen atoms in total. The number of rotatable bonds is 3. The summed E-state index contributed by atoms with van der Waals surface area (Å²) in [6, 6.07) is 0.759. The Morgan fingerprint density at radius 2 is 1.81 bits per heavy atom. The fraction of sp³-hybridized carbons (Fsp3) is 1.00. The van der Waals surface area contributed by atoms with Gasteiger partial charge in [0.2, 0.25) is 0 Å². The van der Waals surface area contributed by atoms with Crippen LogP contribution in [-0.2, 0) is 0 Å². The zero-order valence-corrected chi connectivity index (χ0v) is 12.4. The first kappa shape index (κ1) is 13.1. The predicted molar refractivity (Wildman–Crippen MR) is 77.6 cm³/mol. The number of nitrogens with one attached hydrogen (secondary N) is 1. The van der Waals surface area contributed by atoms with Gasteiger partial charge < -0.3 is 5.32 Å². The molecule has 1 saturated carbocycles. The summed E-state index contributed by atoms with van der Waals surface area (Å²) in [6.07, 6.45) is 5.83. The Labute approximate surface area is 109 Å². The predicted octanol–water partition coefficient (Wildman–Crippen LogP) is 3.39. The third kappa shape index (κ3) is 2.91. The van der Waals surface area contributed by atoms with E-state index in [-0.39, 0.29) is 0 Å². The van der Waals surface area contributed by atoms with Crippen LogP contribution in [0.2, 0.25) is 0 Å². The summed E-state index contributed by atoms with van der Waals surface area (Å²) in [7, 11) is 2.16. The van der Waals surface area contributed by atoms with E-state index >= 15 is 0 Å². The highest BCUT2D eigenvalue weighted by Crippen LogP contribution is 2.41. The first-order chi connectivity index (χ1) is 7.72. The summed E-state index contributed by atoms with van der Waals surface area (Å²) in [6.45, 7) is 4.78. The summed E-state index contributed by atoms with van der Waals surface area (Å²) in [4.78, 5) is 0. The van der Waals surface area contributed by atoms with Crippen LogP contribution < -0.4 is 5.32 Å². The zero-order valence-electron chi connectivity index (χ0n) is 10.7. The van der Waals surface area contributed by atoms with E-state index in [0.29, 0.717) is 0 Å². The molecule has 1 aliphatic carbocycles. The van der Waals surface area contributed by atoms with E-state index in [9.17, 15) is 0 Å². The topological polar surface area (TPSA) is 12.0 Å². The van der Waals surface area contributed by atoms with Crippen molar-refractivity contribution < 1.29 is 0 Å². The van der Waals surface area contributed by atoms with Crippen molar-refractivity contribution in [2.75, 3.05) is 12.8 Å². The molecule has 0 radical (unpaired) electrons. The van der Waals surface area contributed by atoms with E-state index in [1.165, 1.54) is 31.4 Å². The van der Waals surface area contributed by atoms with Crippen molar-refractivity contribution >= 4 is 23.5 Å². The molecule has 1 saturated heterocycles. The largest absolute Gasteiger partial charge is 0.316 e. The molecule has 3 heteroatoms. The van der Waals surface area contributed by atoms with E-state index in [1.54, 1.807) is 0 Å². The molecule has 0 amide bonds. The van der Waals surface area contributed by atoms with Crippen molar-refractivity contribution in [1.82, 2.24) is 5.32 Å². The lowest BCUT2D eigenvalue weighted by molar-refractivity contribution is 0.378. The second-order valence-corrected chi connectivity index (χ2v) is 8.31. The van der Waals surface area contributed by atoms with Gasteiger partial charge in [0, 0.05) is 27.5 Å². The molecule has 16 heavy (non-hydrogen) atoms. The van der Waals surface area contributed by atoms with E-state index in [1.807, 2.05) is 0 Å². The minimum Gasteiger partial charge on any atom is -0.316 e. The molecule has 94 valence electrons. The Morgan fingerprint density at radius 3 is 2.38 bits per heavy atom. The van der Waals surface area contributed by atoms with E-state index in [4.69, 9.17) is 0 Å². The standard InChI is InChI=1S/C13H25NS2/c1-9-10(2)16-12(8-15-9)13(14-3)11-6-4-5-7-11/h9-14H,4-8H2,1-3H3. The summed E-state index contributed by atoms with van der Waals surface area (Å²) in [5, 5.41) is 6.11. The SMILES string of the molecule is CNC(C1CCCC1)C1CSC(C)C(C)S1. The van der Waals surface area contributed by atoms with Gasteiger partial charge in [-0.2, -0.15) is 23.5 Å². The summed E-state index contributed by atoms with van der Waals surface area (Å²) in [5.41, 5.74) is 0. The first-order valence-electron chi connectivity index (χ1n) is 6.66. The second kappa shape index (κ2) is 6.01. The van der Waals surface area contributed by atoms with Crippen molar-refractivity contribution in [2.45, 2.75) is 61.3 Å². The quantitative estimate of drug-likeness (QED) is 0.834. The number of hydrogen-bond acceptors (Lipinski definition) is 3. The van der Waals surface area contributed by atoms with Gasteiger partial charge in [-0.25, -0.2) is 0 Å². The Morgan fingerprint density at radius 1 is 1.12 bits per heavy atom. The molecule has 2 rings (SSSR count). The highest BCUT2D eigenvalue weighted by Gasteiger charge is 2.35. The molecule has 1 aliphatic heterocycles. The third-order valence-electron chi connectivity index (χ3n) is 4.22. The van der Waals surface area contributed by atoms with Gasteiger partial charge in [-0.3, -0.25) is 0 Å². The van der Waals surface area contributed by atoms with Crippen molar-refractivity contribution in [1.29, 1.82) is 0 Å². The number of hydrogen-bond donors (Lipinski definition) is 1. The maximum absolute atomic E-state index is 3.61. The van der Waals surface area contributed by atoms with Crippen molar-refractivity contribution in [3.63, 3.8) is 0 Å². The van der Waals surface area contributed by atoms with Gasteiger partial charge in [-0.15, -0.1) is 0 Å². The third-order valence-corrected chi connectivity index (χ3v) is 7.73. The minimum absolute atomic E-state index is 0.759. The Bertz CT molecular complexity index is 216. The van der Waals surface area contributed by atoms with Crippen molar-refractivity contribution in [3.8, 4) is 0 Å². The summed E-state index contributed by atoms with van der Waals surface area (Å²) >= 11 is 4.41. The zero-order chi connectivity index (χ0) is 11.5. The van der Waals surface area contributed by atoms with E-state index in [2.05, 4.69) is 49.7 Å². The summed E-state index contributed by atoms with van der Waals surface area (Å²) < 4.78 is 0. The maximum Gasteiger partial charge on any atom is 0.0297 e. The fourth-order valence-corrected chi connectivity index (χ4v) is 6.29. The van der Waals surface area contributed by atoms with Crippen LogP contribution in [0.1, 0.15) is 39.5 Å². The molecule has 1 N–H and O–H groups in total. The summed E-state index contributed by atoms with van der Waals surface area (Å²) in [5.74, 6) is 2.29. The highest BCUT2D eigenvalue weighted by atomic mass is 32.2. The van der Waals surface area contributed by atoms with Gasteiger partial charge in [0.1, 0.15) is 0 Å². The van der Waals surface area contributed by atoms with Crippen LogP contribution in [-0.4, -0.2) is 34.6 Å². The molecule has 4 unspecified atom stereocenters. The second-order valence-electron chi connectivity index (χ2n) is 5.28. The Hall–Kier alpha value is 0.660. The molecule has 0 bridgehead atoms. The van der Waals surface area contributed by atoms with Gasteiger partial charge in [0.25, 0.3) is 0 Å². The van der Waals surface area contributed by atoms with Crippen molar-refractivity contribution in [3.05, 3.63) is 0 Å². The van der Waals surface area contributed by atoms with E-state index < -0.39 is 0 Å². The Balaban J connectivity index is 1.93. The molecule has 2 fully saturated rings. The van der Waals surface area contributed by atoms with Crippen LogP contribution >= 0.6 is 23.5 Å². The average Bonchev–Trinajstić information content (AvgIpc) is 2.78. The first-order valence-corrected chi connectivity index (χ1v) is 8.66. The van der Waals surface area contributed by atoms with Gasteiger partial charge in [0.05, 0.1) is 0 Å². The molecule has 0 aromatic heterocycles. The van der Waals surface area contributed by atoms with Gasteiger partial charge >= 0.3 is 0 Å². The van der Waals surface area contributed by atoms with Crippen LogP contribution in [0.4, 0.5) is 0 Å². The molecule has 4 atom stereocenters. The lowest BCUT2D eigenvalue weighted by Crippen LogP contribution is -2.45. The Kier molecular flexibility index (Phi) is 4.92. The molecule has 2 aliphatic rings. The lowest BCUT2D eigenvalue weighted by atomic mass is 9.96.